The van der Waals surface area contributed by atoms with Crippen LogP contribution in [0.2, 0.25) is 0 Å². The van der Waals surface area contributed by atoms with E-state index in [1.165, 1.54) is 6.21 Å². The van der Waals surface area contributed by atoms with Gasteiger partial charge in [0.15, 0.2) is 0 Å². The van der Waals surface area contributed by atoms with Crippen molar-refractivity contribution < 1.29 is 14.3 Å². The summed E-state index contributed by atoms with van der Waals surface area (Å²) < 4.78 is 5.61. The number of carbonyl (C=O) groups is 2. The SMILES string of the molecule is CCCOc1ccccc1/C=N\NC(=O)C(=O)Nc1ccc(C)c(C)c1. The highest BCUT2D eigenvalue weighted by Crippen LogP contribution is 2.16. The number of anilines is 1. The third-order valence-corrected chi connectivity index (χ3v) is 3.72. The molecule has 6 heteroatoms. The van der Waals surface area contributed by atoms with Crippen molar-refractivity contribution >= 4 is 23.7 Å². The topological polar surface area (TPSA) is 79.8 Å². The number of para-hydroxylation sites is 1. The van der Waals surface area contributed by atoms with Crippen molar-refractivity contribution in [3.63, 3.8) is 0 Å². The van der Waals surface area contributed by atoms with Crippen LogP contribution in [0.15, 0.2) is 47.6 Å². The summed E-state index contributed by atoms with van der Waals surface area (Å²) in [6.45, 7) is 6.53. The first kappa shape index (κ1) is 19.2. The maximum atomic E-state index is 11.9. The first-order chi connectivity index (χ1) is 12.5. The minimum absolute atomic E-state index is 0.565. The zero-order valence-corrected chi connectivity index (χ0v) is 15.2. The van der Waals surface area contributed by atoms with Crippen LogP contribution in [-0.2, 0) is 9.59 Å². The Morgan fingerprint density at radius 2 is 1.85 bits per heavy atom. The van der Waals surface area contributed by atoms with Crippen molar-refractivity contribution in [3.05, 3.63) is 59.2 Å². The number of hydrogen-bond donors (Lipinski definition) is 2. The van der Waals surface area contributed by atoms with E-state index >= 15 is 0 Å². The number of aryl methyl sites for hydroxylation is 2. The molecule has 136 valence electrons. The smallest absolute Gasteiger partial charge is 0.329 e. The predicted molar refractivity (Wildman–Crippen MR) is 103 cm³/mol. The van der Waals surface area contributed by atoms with Crippen LogP contribution in [0.3, 0.4) is 0 Å². The molecule has 0 saturated carbocycles. The highest BCUT2D eigenvalue weighted by atomic mass is 16.5. The lowest BCUT2D eigenvalue weighted by molar-refractivity contribution is -0.136. The minimum Gasteiger partial charge on any atom is -0.493 e. The number of rotatable bonds is 6. The summed E-state index contributed by atoms with van der Waals surface area (Å²) in [5, 5.41) is 6.39. The molecular formula is C20H23N3O3. The lowest BCUT2D eigenvalue weighted by atomic mass is 10.1. The van der Waals surface area contributed by atoms with E-state index in [-0.39, 0.29) is 0 Å². The molecule has 0 fully saturated rings. The molecule has 0 aliphatic carbocycles. The Balaban J connectivity index is 1.94. The summed E-state index contributed by atoms with van der Waals surface area (Å²) in [7, 11) is 0. The number of hydrazone groups is 1. The van der Waals surface area contributed by atoms with Gasteiger partial charge in [0.05, 0.1) is 12.8 Å². The molecule has 2 amide bonds. The molecule has 6 nitrogen and oxygen atoms in total. The van der Waals surface area contributed by atoms with Gasteiger partial charge in [-0.1, -0.05) is 25.1 Å². The van der Waals surface area contributed by atoms with Crippen molar-refractivity contribution in [1.29, 1.82) is 0 Å². The molecular weight excluding hydrogens is 330 g/mol. The lowest BCUT2D eigenvalue weighted by Crippen LogP contribution is -2.32. The normalized spacial score (nSPS) is 10.6. The average Bonchev–Trinajstić information content (AvgIpc) is 2.63. The molecule has 0 spiro atoms. The monoisotopic (exact) mass is 353 g/mol. The molecule has 0 heterocycles. The molecule has 0 unspecified atom stereocenters. The molecule has 2 N–H and O–H groups in total. The fourth-order valence-electron chi connectivity index (χ4n) is 2.15. The van der Waals surface area contributed by atoms with Crippen molar-refractivity contribution in [1.82, 2.24) is 5.43 Å². The number of amides is 2. The average molecular weight is 353 g/mol. The Morgan fingerprint density at radius 3 is 2.58 bits per heavy atom. The quantitative estimate of drug-likeness (QED) is 0.475. The summed E-state index contributed by atoms with van der Waals surface area (Å²) in [4.78, 5) is 23.8. The van der Waals surface area contributed by atoms with Gasteiger partial charge in [0, 0.05) is 11.3 Å². The van der Waals surface area contributed by atoms with E-state index in [1.54, 1.807) is 6.07 Å². The number of benzene rings is 2. The summed E-state index contributed by atoms with van der Waals surface area (Å²) in [5.41, 5.74) is 5.65. The second-order valence-electron chi connectivity index (χ2n) is 5.84. The Kier molecular flexibility index (Phi) is 6.91. The molecule has 0 radical (unpaired) electrons. The number of hydrogen-bond acceptors (Lipinski definition) is 4. The molecule has 0 aromatic heterocycles. The number of ether oxygens (including phenoxy) is 1. The predicted octanol–water partition coefficient (Wildman–Crippen LogP) is 3.18. The zero-order valence-electron chi connectivity index (χ0n) is 15.2. The second-order valence-corrected chi connectivity index (χ2v) is 5.84. The zero-order chi connectivity index (χ0) is 18.9. The largest absolute Gasteiger partial charge is 0.493 e. The van der Waals surface area contributed by atoms with Gasteiger partial charge in [-0.05, 0) is 55.7 Å². The summed E-state index contributed by atoms with van der Waals surface area (Å²) in [6, 6.07) is 12.8. The number of nitrogens with one attached hydrogen (secondary N) is 2. The standard InChI is InChI=1S/C20H23N3O3/c1-4-11-26-18-8-6-5-7-16(18)13-21-23-20(25)19(24)22-17-10-9-14(2)15(3)12-17/h5-10,12-13H,4,11H2,1-3H3,(H,22,24)(H,23,25)/b21-13-. The van der Waals surface area contributed by atoms with Crippen LogP contribution in [0, 0.1) is 13.8 Å². The first-order valence-corrected chi connectivity index (χ1v) is 8.44. The van der Waals surface area contributed by atoms with Crippen molar-refractivity contribution in [2.24, 2.45) is 5.10 Å². The Morgan fingerprint density at radius 1 is 1.08 bits per heavy atom. The van der Waals surface area contributed by atoms with E-state index in [0.717, 1.165) is 23.1 Å². The summed E-state index contributed by atoms with van der Waals surface area (Å²) in [6.07, 6.45) is 2.34. The van der Waals surface area contributed by atoms with E-state index in [4.69, 9.17) is 4.74 Å². The third kappa shape index (κ3) is 5.44. The molecule has 0 aliphatic rings. The molecule has 2 aromatic rings. The van der Waals surface area contributed by atoms with Crippen LogP contribution in [0.5, 0.6) is 5.75 Å². The molecule has 0 aliphatic heterocycles. The fourth-order valence-corrected chi connectivity index (χ4v) is 2.15. The molecule has 0 bridgehead atoms. The van der Waals surface area contributed by atoms with Crippen molar-refractivity contribution in [3.8, 4) is 5.75 Å². The Bertz CT molecular complexity index is 816. The van der Waals surface area contributed by atoms with Crippen LogP contribution in [0.25, 0.3) is 0 Å². The fraction of sp³-hybridized carbons (Fsp3) is 0.250. The van der Waals surface area contributed by atoms with Gasteiger partial charge < -0.3 is 10.1 Å². The van der Waals surface area contributed by atoms with Gasteiger partial charge in [0.25, 0.3) is 0 Å². The van der Waals surface area contributed by atoms with Crippen molar-refractivity contribution in [2.75, 3.05) is 11.9 Å². The summed E-state index contributed by atoms with van der Waals surface area (Å²) >= 11 is 0. The van der Waals surface area contributed by atoms with Crippen LogP contribution >= 0.6 is 0 Å². The van der Waals surface area contributed by atoms with Crippen LogP contribution in [0.4, 0.5) is 5.69 Å². The van der Waals surface area contributed by atoms with E-state index in [0.29, 0.717) is 18.0 Å². The van der Waals surface area contributed by atoms with E-state index < -0.39 is 11.8 Å². The summed E-state index contributed by atoms with van der Waals surface area (Å²) in [5.74, 6) is -0.945. The van der Waals surface area contributed by atoms with Crippen LogP contribution in [-0.4, -0.2) is 24.6 Å². The maximum absolute atomic E-state index is 11.9. The van der Waals surface area contributed by atoms with Gasteiger partial charge in [0.2, 0.25) is 0 Å². The van der Waals surface area contributed by atoms with Gasteiger partial charge in [-0.3, -0.25) is 9.59 Å². The molecule has 2 rings (SSSR count). The third-order valence-electron chi connectivity index (χ3n) is 3.72. The van der Waals surface area contributed by atoms with E-state index in [1.807, 2.05) is 57.2 Å². The van der Waals surface area contributed by atoms with Crippen molar-refractivity contribution in [2.45, 2.75) is 27.2 Å². The first-order valence-electron chi connectivity index (χ1n) is 8.44. The van der Waals surface area contributed by atoms with Gasteiger partial charge in [-0.25, -0.2) is 5.43 Å². The molecule has 0 atom stereocenters. The molecule has 26 heavy (non-hydrogen) atoms. The van der Waals surface area contributed by atoms with Gasteiger partial charge in [-0.2, -0.15) is 5.10 Å². The second kappa shape index (κ2) is 9.36. The molecule has 2 aromatic carbocycles. The highest BCUT2D eigenvalue weighted by molar-refractivity contribution is 6.39. The van der Waals surface area contributed by atoms with E-state index in [2.05, 4.69) is 15.8 Å². The number of carbonyl (C=O) groups excluding carboxylic acids is 2. The Hall–Kier alpha value is -3.15. The minimum atomic E-state index is -0.841. The highest BCUT2D eigenvalue weighted by Gasteiger charge is 2.13. The van der Waals surface area contributed by atoms with E-state index in [9.17, 15) is 9.59 Å². The lowest BCUT2D eigenvalue weighted by Gasteiger charge is -2.08. The van der Waals surface area contributed by atoms with Gasteiger partial charge >= 0.3 is 11.8 Å². The van der Waals surface area contributed by atoms with Gasteiger partial charge in [0.1, 0.15) is 5.75 Å². The maximum Gasteiger partial charge on any atom is 0.329 e. The van der Waals surface area contributed by atoms with Crippen LogP contribution in [0.1, 0.15) is 30.0 Å². The van der Waals surface area contributed by atoms with Gasteiger partial charge in [-0.15, -0.1) is 0 Å². The van der Waals surface area contributed by atoms with Crippen LogP contribution < -0.4 is 15.5 Å². The Labute approximate surface area is 153 Å². The molecule has 0 saturated heterocycles. The number of nitrogens with zero attached hydrogens (tertiary/aromatic N) is 1.